The standard InChI is InChI=1S/C43H52F4/c1-3-5-6-7-8-9-10-11-13-36-26-27-37(41(45)40(36)44)34-22-24-35(25-23-34)39-29-28-38(42(46)43(39)47)33-20-18-32(19-21-33)31-16-14-30(12-4-2)15-17-31/h4,12,20,22-32H,3,5-11,13-19,21H2,1-2H3. The molecule has 0 bridgehead atoms. The van der Waals surface area contributed by atoms with Crippen molar-refractivity contribution in [3.8, 4) is 22.3 Å². The van der Waals surface area contributed by atoms with E-state index >= 15 is 13.2 Å². The van der Waals surface area contributed by atoms with Crippen molar-refractivity contribution in [3.63, 3.8) is 0 Å². The average Bonchev–Trinajstić information content (AvgIpc) is 3.10. The van der Waals surface area contributed by atoms with Crippen molar-refractivity contribution in [2.75, 3.05) is 0 Å². The number of allylic oxidation sites excluding steroid dienone is 4. The lowest BCUT2D eigenvalue weighted by atomic mass is 9.71. The molecule has 0 saturated heterocycles. The molecule has 1 unspecified atom stereocenters. The van der Waals surface area contributed by atoms with Crippen LogP contribution < -0.4 is 0 Å². The second kappa shape index (κ2) is 17.3. The first-order valence-corrected chi connectivity index (χ1v) is 18.3. The minimum Gasteiger partial charge on any atom is -0.203 e. The molecule has 0 spiro atoms. The third-order valence-corrected chi connectivity index (χ3v) is 10.8. The van der Waals surface area contributed by atoms with Gasteiger partial charge in [-0.15, -0.1) is 0 Å². The van der Waals surface area contributed by atoms with Gasteiger partial charge >= 0.3 is 0 Å². The van der Waals surface area contributed by atoms with Gasteiger partial charge in [-0.1, -0.05) is 119 Å². The van der Waals surface area contributed by atoms with E-state index in [1.807, 2.05) is 0 Å². The number of rotatable bonds is 14. The van der Waals surface area contributed by atoms with Crippen LogP contribution in [0.5, 0.6) is 0 Å². The van der Waals surface area contributed by atoms with Crippen LogP contribution in [0.15, 0.2) is 66.8 Å². The minimum atomic E-state index is -0.872. The maximum absolute atomic E-state index is 15.5. The third-order valence-electron chi connectivity index (χ3n) is 10.8. The zero-order chi connectivity index (χ0) is 33.2. The van der Waals surface area contributed by atoms with Crippen LogP contribution >= 0.6 is 0 Å². The van der Waals surface area contributed by atoms with Crippen molar-refractivity contribution in [2.24, 2.45) is 17.8 Å². The molecular formula is C43H52F4. The van der Waals surface area contributed by atoms with Gasteiger partial charge in [-0.25, -0.2) is 17.6 Å². The van der Waals surface area contributed by atoms with Crippen molar-refractivity contribution in [1.82, 2.24) is 0 Å². The Bertz CT molecular complexity index is 1510. The van der Waals surface area contributed by atoms with Crippen molar-refractivity contribution in [3.05, 3.63) is 101 Å². The Balaban J connectivity index is 1.19. The van der Waals surface area contributed by atoms with Crippen LogP contribution in [0.25, 0.3) is 27.8 Å². The van der Waals surface area contributed by atoms with Crippen molar-refractivity contribution in [1.29, 1.82) is 0 Å². The zero-order valence-electron chi connectivity index (χ0n) is 28.4. The third kappa shape index (κ3) is 8.86. The molecule has 0 amide bonds. The molecule has 252 valence electrons. The molecule has 0 aliphatic heterocycles. The molecule has 2 aliphatic carbocycles. The maximum Gasteiger partial charge on any atom is 0.167 e. The van der Waals surface area contributed by atoms with E-state index in [-0.39, 0.29) is 11.1 Å². The van der Waals surface area contributed by atoms with E-state index in [4.69, 9.17) is 0 Å². The highest BCUT2D eigenvalue weighted by Crippen LogP contribution is 2.42. The summed E-state index contributed by atoms with van der Waals surface area (Å²) < 4.78 is 61.0. The van der Waals surface area contributed by atoms with Gasteiger partial charge in [0.2, 0.25) is 0 Å². The lowest BCUT2D eigenvalue weighted by Crippen LogP contribution is -2.22. The van der Waals surface area contributed by atoms with Crippen LogP contribution in [0.4, 0.5) is 17.6 Å². The number of hydrogen-bond acceptors (Lipinski definition) is 0. The second-order valence-electron chi connectivity index (χ2n) is 14.0. The van der Waals surface area contributed by atoms with Crippen LogP contribution in [0.1, 0.15) is 121 Å². The number of aryl methyl sites for hydroxylation is 1. The molecule has 1 saturated carbocycles. The van der Waals surface area contributed by atoms with Gasteiger partial charge in [0.25, 0.3) is 0 Å². The largest absolute Gasteiger partial charge is 0.203 e. The Morgan fingerprint density at radius 1 is 0.596 bits per heavy atom. The molecule has 1 fully saturated rings. The fourth-order valence-corrected chi connectivity index (χ4v) is 7.91. The smallest absolute Gasteiger partial charge is 0.167 e. The second-order valence-corrected chi connectivity index (χ2v) is 14.0. The topological polar surface area (TPSA) is 0 Å². The van der Waals surface area contributed by atoms with Crippen LogP contribution in [-0.4, -0.2) is 0 Å². The summed E-state index contributed by atoms with van der Waals surface area (Å²) >= 11 is 0. The lowest BCUT2D eigenvalue weighted by Gasteiger charge is -2.35. The Kier molecular flexibility index (Phi) is 13.0. The molecule has 4 heteroatoms. The molecular weight excluding hydrogens is 592 g/mol. The molecule has 0 N–H and O–H groups in total. The van der Waals surface area contributed by atoms with Gasteiger partial charge in [-0.2, -0.15) is 0 Å². The molecule has 1 atom stereocenters. The van der Waals surface area contributed by atoms with Gasteiger partial charge < -0.3 is 0 Å². The summed E-state index contributed by atoms with van der Waals surface area (Å²) in [5.74, 6) is -1.28. The highest BCUT2D eigenvalue weighted by molar-refractivity contribution is 5.74. The van der Waals surface area contributed by atoms with Crippen LogP contribution in [0.3, 0.4) is 0 Å². The Labute approximate surface area is 280 Å². The first-order valence-electron chi connectivity index (χ1n) is 18.3. The highest BCUT2D eigenvalue weighted by atomic mass is 19.2. The summed E-state index contributed by atoms with van der Waals surface area (Å²) in [5, 5.41) is 0. The van der Waals surface area contributed by atoms with Gasteiger partial charge in [0, 0.05) is 16.7 Å². The quantitative estimate of drug-likeness (QED) is 0.0930. The molecule has 3 aromatic carbocycles. The SMILES string of the molecule is CC=CC1CCC(C2CC=C(c3ccc(-c4ccc(-c5ccc(CCCCCCCCCC)c(F)c5F)cc4)c(F)c3F)CC2)CC1. The molecule has 5 rings (SSSR count). The van der Waals surface area contributed by atoms with Gasteiger partial charge in [0.05, 0.1) is 0 Å². The zero-order valence-corrected chi connectivity index (χ0v) is 28.4. The van der Waals surface area contributed by atoms with Crippen LogP contribution in [-0.2, 0) is 6.42 Å². The lowest BCUT2D eigenvalue weighted by molar-refractivity contribution is 0.212. The summed E-state index contributed by atoms with van der Waals surface area (Å²) in [5.41, 5.74) is 2.98. The monoisotopic (exact) mass is 644 g/mol. The summed E-state index contributed by atoms with van der Waals surface area (Å²) in [6.45, 7) is 4.30. The van der Waals surface area contributed by atoms with E-state index in [9.17, 15) is 4.39 Å². The van der Waals surface area contributed by atoms with Gasteiger partial charge in [0.15, 0.2) is 23.3 Å². The Morgan fingerprint density at radius 2 is 1.15 bits per heavy atom. The van der Waals surface area contributed by atoms with Crippen molar-refractivity contribution >= 4 is 5.57 Å². The fourth-order valence-electron chi connectivity index (χ4n) is 7.91. The van der Waals surface area contributed by atoms with Gasteiger partial charge in [-0.05, 0) is 105 Å². The van der Waals surface area contributed by atoms with E-state index in [2.05, 4.69) is 32.1 Å². The minimum absolute atomic E-state index is 0.164. The molecule has 2 aliphatic rings. The van der Waals surface area contributed by atoms with Crippen LogP contribution in [0, 0.1) is 41.0 Å². The van der Waals surface area contributed by atoms with Gasteiger partial charge in [-0.3, -0.25) is 0 Å². The van der Waals surface area contributed by atoms with E-state index < -0.39 is 23.3 Å². The summed E-state index contributed by atoms with van der Waals surface area (Å²) in [6.07, 6.45) is 24.1. The van der Waals surface area contributed by atoms with E-state index in [1.165, 1.54) is 57.8 Å². The van der Waals surface area contributed by atoms with Crippen molar-refractivity contribution in [2.45, 2.75) is 117 Å². The maximum atomic E-state index is 15.5. The number of unbranched alkanes of at least 4 members (excludes halogenated alkanes) is 7. The molecule has 3 aromatic rings. The predicted octanol–water partition coefficient (Wildman–Crippen LogP) is 13.8. The summed E-state index contributed by atoms with van der Waals surface area (Å²) in [4.78, 5) is 0. The van der Waals surface area contributed by atoms with Crippen molar-refractivity contribution < 1.29 is 17.6 Å². The summed E-state index contributed by atoms with van der Waals surface area (Å²) in [6, 6.07) is 13.2. The van der Waals surface area contributed by atoms with Gasteiger partial charge in [0.1, 0.15) is 0 Å². The highest BCUT2D eigenvalue weighted by Gasteiger charge is 2.29. The first kappa shape index (κ1) is 35.2. The predicted molar refractivity (Wildman–Crippen MR) is 189 cm³/mol. The molecule has 0 heterocycles. The fraction of sp³-hybridized carbons (Fsp3) is 0.488. The molecule has 47 heavy (non-hydrogen) atoms. The van der Waals surface area contributed by atoms with E-state index in [1.54, 1.807) is 48.5 Å². The van der Waals surface area contributed by atoms with E-state index in [0.29, 0.717) is 40.5 Å². The van der Waals surface area contributed by atoms with Crippen LogP contribution in [0.2, 0.25) is 0 Å². The summed E-state index contributed by atoms with van der Waals surface area (Å²) in [7, 11) is 0. The number of hydrogen-bond donors (Lipinski definition) is 0. The number of benzene rings is 3. The molecule has 0 radical (unpaired) electrons. The first-order chi connectivity index (χ1) is 22.9. The normalized spacial score (nSPS) is 20.1. The Hall–Kier alpha value is -3.14. The Morgan fingerprint density at radius 3 is 1.74 bits per heavy atom. The molecule has 0 nitrogen and oxygen atoms in total. The average molecular weight is 645 g/mol. The number of halogens is 4. The van der Waals surface area contributed by atoms with E-state index in [0.717, 1.165) is 50.0 Å². The molecule has 0 aromatic heterocycles.